The van der Waals surface area contributed by atoms with E-state index in [1.807, 2.05) is 37.3 Å². The van der Waals surface area contributed by atoms with E-state index in [2.05, 4.69) is 17.4 Å². The Bertz CT molecular complexity index is 865. The van der Waals surface area contributed by atoms with Crippen LogP contribution in [0.25, 0.3) is 0 Å². The number of rotatable bonds is 8. The van der Waals surface area contributed by atoms with Gasteiger partial charge in [-0.15, -0.1) is 0 Å². The molecule has 2 aromatic carbocycles. The highest BCUT2D eigenvalue weighted by Gasteiger charge is 2.25. The Kier molecular flexibility index (Phi) is 6.71. The minimum absolute atomic E-state index is 0.0945. The van der Waals surface area contributed by atoms with Gasteiger partial charge in [0.15, 0.2) is 18.0 Å². The highest BCUT2D eigenvalue weighted by Crippen LogP contribution is 2.32. The molecule has 4 rings (SSSR count). The van der Waals surface area contributed by atoms with Crippen molar-refractivity contribution in [3.63, 3.8) is 0 Å². The van der Waals surface area contributed by atoms with Crippen LogP contribution in [0.2, 0.25) is 0 Å². The van der Waals surface area contributed by atoms with E-state index in [9.17, 15) is 4.79 Å². The smallest absolute Gasteiger partial charge is 0.275 e. The van der Waals surface area contributed by atoms with Gasteiger partial charge in [0, 0.05) is 5.56 Å². The Hall–Kier alpha value is -2.77. The second-order valence-electron chi connectivity index (χ2n) is 8.06. The second kappa shape index (κ2) is 9.82. The summed E-state index contributed by atoms with van der Waals surface area (Å²) in [7, 11) is 0. The van der Waals surface area contributed by atoms with Crippen LogP contribution in [0.15, 0.2) is 42.5 Å². The van der Waals surface area contributed by atoms with Crippen molar-refractivity contribution in [2.75, 3.05) is 52.7 Å². The molecule has 7 nitrogen and oxygen atoms in total. The Labute approximate surface area is 177 Å². The lowest BCUT2D eigenvalue weighted by Crippen LogP contribution is -3.28. The average Bonchev–Trinajstić information content (AvgIpc) is 3.21. The number of piperazine rings is 1. The van der Waals surface area contributed by atoms with Gasteiger partial charge in [-0.1, -0.05) is 12.1 Å². The van der Waals surface area contributed by atoms with E-state index in [4.69, 9.17) is 14.2 Å². The number of carbonyl (C=O) groups excluding carboxylic acids is 1. The van der Waals surface area contributed by atoms with Crippen LogP contribution in [0.5, 0.6) is 17.2 Å². The molecule has 2 aromatic rings. The molecular formula is C23H31N3O4+2. The van der Waals surface area contributed by atoms with Crippen molar-refractivity contribution in [2.45, 2.75) is 13.5 Å². The normalized spacial score (nSPS) is 20.0. The number of hydrogen-bond donors (Lipinski definition) is 3. The zero-order valence-corrected chi connectivity index (χ0v) is 17.5. The van der Waals surface area contributed by atoms with Gasteiger partial charge >= 0.3 is 0 Å². The third-order valence-electron chi connectivity index (χ3n) is 5.65. The molecule has 7 heteroatoms. The van der Waals surface area contributed by atoms with Gasteiger partial charge in [0.1, 0.15) is 45.1 Å². The van der Waals surface area contributed by atoms with E-state index < -0.39 is 0 Å². The molecule has 0 bridgehead atoms. The van der Waals surface area contributed by atoms with Crippen LogP contribution in [0.3, 0.4) is 0 Å². The van der Waals surface area contributed by atoms with Gasteiger partial charge in [-0.25, -0.2) is 0 Å². The predicted octanol–water partition coefficient (Wildman–Crippen LogP) is -0.798. The molecule has 1 amide bonds. The molecule has 1 saturated heterocycles. The Morgan fingerprint density at radius 1 is 1.03 bits per heavy atom. The van der Waals surface area contributed by atoms with E-state index in [-0.39, 0.29) is 5.91 Å². The lowest BCUT2D eigenvalue weighted by molar-refractivity contribution is -1.02. The average molecular weight is 414 g/mol. The maximum absolute atomic E-state index is 12.2. The summed E-state index contributed by atoms with van der Waals surface area (Å²) in [5.74, 6) is 2.62. The van der Waals surface area contributed by atoms with Gasteiger partial charge in [0.05, 0.1) is 6.54 Å². The first-order valence-electron chi connectivity index (χ1n) is 10.7. The fourth-order valence-electron chi connectivity index (χ4n) is 4.00. The molecule has 0 aromatic heterocycles. The van der Waals surface area contributed by atoms with Crippen molar-refractivity contribution in [2.24, 2.45) is 0 Å². The minimum atomic E-state index is 0.0945. The Morgan fingerprint density at radius 3 is 2.67 bits per heavy atom. The monoisotopic (exact) mass is 413 g/mol. The lowest BCUT2D eigenvalue weighted by atomic mass is 10.1. The molecule has 30 heavy (non-hydrogen) atoms. The largest absolute Gasteiger partial charge is 0.492 e. The van der Waals surface area contributed by atoms with Crippen LogP contribution in [0.1, 0.15) is 11.1 Å². The third-order valence-corrected chi connectivity index (χ3v) is 5.65. The number of nitrogens with one attached hydrogen (secondary N) is 3. The molecular weight excluding hydrogens is 382 g/mol. The van der Waals surface area contributed by atoms with Crippen molar-refractivity contribution in [3.05, 3.63) is 53.6 Å². The molecule has 0 unspecified atom stereocenters. The van der Waals surface area contributed by atoms with E-state index in [0.717, 1.165) is 50.0 Å². The fourth-order valence-corrected chi connectivity index (χ4v) is 4.00. The number of fused-ring (bicyclic) bond motifs is 1. The summed E-state index contributed by atoms with van der Waals surface area (Å²) in [4.78, 5) is 15.1. The maximum atomic E-state index is 12.2. The summed E-state index contributed by atoms with van der Waals surface area (Å²) < 4.78 is 16.5. The number of carbonyl (C=O) groups is 1. The Balaban J connectivity index is 1.12. The zero-order chi connectivity index (χ0) is 20.8. The number of quaternary nitrogens is 2. The standard InChI is InChI=1S/C23H29N3O4/c1-18-3-2-4-20(13-18)28-12-7-24-23(27)16-26-10-8-25(9-11-26)15-19-5-6-21-22(14-19)30-17-29-21/h2-6,13-14H,7-12,15-17H2,1H3,(H,24,27)/p+2. The number of amides is 1. The summed E-state index contributed by atoms with van der Waals surface area (Å²) in [6.45, 7) is 9.01. The summed E-state index contributed by atoms with van der Waals surface area (Å²) in [6, 6.07) is 14.1. The molecule has 1 fully saturated rings. The van der Waals surface area contributed by atoms with E-state index in [1.54, 1.807) is 4.90 Å². The molecule has 2 aliphatic heterocycles. The molecule has 0 radical (unpaired) electrons. The molecule has 0 saturated carbocycles. The molecule has 0 aliphatic carbocycles. The summed E-state index contributed by atoms with van der Waals surface area (Å²) in [6.07, 6.45) is 0. The summed E-state index contributed by atoms with van der Waals surface area (Å²) in [5, 5.41) is 2.97. The topological polar surface area (TPSA) is 65.7 Å². The number of aryl methyl sites for hydroxylation is 1. The number of hydrogen-bond acceptors (Lipinski definition) is 4. The van der Waals surface area contributed by atoms with Gasteiger partial charge in [0.25, 0.3) is 5.91 Å². The van der Waals surface area contributed by atoms with Crippen LogP contribution in [-0.2, 0) is 11.3 Å². The van der Waals surface area contributed by atoms with Gasteiger partial charge in [-0.3, -0.25) is 4.79 Å². The SMILES string of the molecule is Cc1cccc(OCCNC(=O)C[NH+]2CC[NH+](Cc3ccc4c(c3)OCO4)CC2)c1. The van der Waals surface area contributed by atoms with Crippen molar-refractivity contribution in [1.82, 2.24) is 5.32 Å². The van der Waals surface area contributed by atoms with Gasteiger partial charge in [-0.05, 0) is 42.8 Å². The Morgan fingerprint density at radius 2 is 1.83 bits per heavy atom. The highest BCUT2D eigenvalue weighted by molar-refractivity contribution is 5.76. The molecule has 0 spiro atoms. The van der Waals surface area contributed by atoms with Crippen molar-refractivity contribution < 1.29 is 28.8 Å². The molecule has 3 N–H and O–H groups in total. The van der Waals surface area contributed by atoms with Crippen LogP contribution in [-0.4, -0.2) is 58.6 Å². The van der Waals surface area contributed by atoms with Crippen LogP contribution in [0.4, 0.5) is 0 Å². The van der Waals surface area contributed by atoms with Gasteiger partial charge in [-0.2, -0.15) is 0 Å². The molecule has 2 heterocycles. The molecule has 0 atom stereocenters. The van der Waals surface area contributed by atoms with Crippen molar-refractivity contribution in [3.8, 4) is 17.2 Å². The first kappa shape index (κ1) is 20.5. The maximum Gasteiger partial charge on any atom is 0.275 e. The van der Waals surface area contributed by atoms with E-state index in [1.165, 1.54) is 16.0 Å². The summed E-state index contributed by atoms with van der Waals surface area (Å²) >= 11 is 0. The number of benzene rings is 2. The van der Waals surface area contributed by atoms with Crippen molar-refractivity contribution >= 4 is 5.91 Å². The van der Waals surface area contributed by atoms with Gasteiger partial charge in [0.2, 0.25) is 6.79 Å². The second-order valence-corrected chi connectivity index (χ2v) is 8.06. The first-order chi connectivity index (χ1) is 14.7. The third kappa shape index (κ3) is 5.64. The quantitative estimate of drug-likeness (QED) is 0.496. The summed E-state index contributed by atoms with van der Waals surface area (Å²) in [5.41, 5.74) is 2.43. The first-order valence-corrected chi connectivity index (χ1v) is 10.7. The predicted molar refractivity (Wildman–Crippen MR) is 112 cm³/mol. The van der Waals surface area contributed by atoms with Gasteiger partial charge < -0.3 is 29.3 Å². The van der Waals surface area contributed by atoms with E-state index >= 15 is 0 Å². The fraction of sp³-hybridized carbons (Fsp3) is 0.435. The number of ether oxygens (including phenoxy) is 3. The van der Waals surface area contributed by atoms with E-state index in [0.29, 0.717) is 26.5 Å². The molecule has 160 valence electrons. The lowest BCUT2D eigenvalue weighted by Gasteiger charge is -2.29. The van der Waals surface area contributed by atoms with Crippen LogP contribution in [0, 0.1) is 6.92 Å². The minimum Gasteiger partial charge on any atom is -0.492 e. The molecule has 2 aliphatic rings. The van der Waals surface area contributed by atoms with Crippen LogP contribution >= 0.6 is 0 Å². The zero-order valence-electron chi connectivity index (χ0n) is 17.5. The van der Waals surface area contributed by atoms with Crippen molar-refractivity contribution in [1.29, 1.82) is 0 Å². The van der Waals surface area contributed by atoms with Crippen LogP contribution < -0.4 is 29.3 Å². The highest BCUT2D eigenvalue weighted by atomic mass is 16.7.